The maximum absolute atomic E-state index is 2.37. The third-order valence-corrected chi connectivity index (χ3v) is 11.4. The minimum Gasteiger partial charge on any atom is -0.135 e. The summed E-state index contributed by atoms with van der Waals surface area (Å²) in [5.41, 5.74) is 12.8. The lowest BCUT2D eigenvalue weighted by Crippen LogP contribution is -2.05. The fourth-order valence-corrected chi connectivity index (χ4v) is 8.89. The van der Waals surface area contributed by atoms with Crippen LogP contribution in [0.4, 0.5) is 0 Å². The number of fused-ring (bicyclic) bond motifs is 9. The van der Waals surface area contributed by atoms with E-state index in [9.17, 15) is 0 Å². The lowest BCUT2D eigenvalue weighted by Gasteiger charge is -2.20. The van der Waals surface area contributed by atoms with E-state index in [1.165, 1.54) is 107 Å². The van der Waals surface area contributed by atoms with Crippen LogP contribution in [0.25, 0.3) is 60.0 Å². The molecule has 0 spiro atoms. The molecule has 0 saturated heterocycles. The first-order valence-electron chi connectivity index (χ1n) is 18.9. The lowest BCUT2D eigenvalue weighted by molar-refractivity contribution is 0.902. The molecule has 0 aliphatic heterocycles. The Morgan fingerprint density at radius 3 is 1.69 bits per heavy atom. The van der Waals surface area contributed by atoms with Crippen LogP contribution in [0.5, 0.6) is 0 Å². The van der Waals surface area contributed by atoms with Crippen molar-refractivity contribution in [3.8, 4) is 21.6 Å². The average Bonchev–Trinajstić information content (AvgIpc) is 3.58. The van der Waals surface area contributed by atoms with E-state index in [-0.39, 0.29) is 0 Å². The quantitative estimate of drug-likeness (QED) is 0.161. The fraction of sp³-hybridized carbons (Fsp3) is 0.176. The highest BCUT2D eigenvalue weighted by atomic mass is 32.1. The molecule has 0 bridgehead atoms. The van der Waals surface area contributed by atoms with Crippen LogP contribution in [0.3, 0.4) is 0 Å². The molecule has 1 heteroatoms. The zero-order valence-electron chi connectivity index (χ0n) is 31.2. The van der Waals surface area contributed by atoms with Gasteiger partial charge in [-0.2, -0.15) is 0 Å². The van der Waals surface area contributed by atoms with Crippen LogP contribution in [0.2, 0.25) is 0 Å². The summed E-state index contributed by atoms with van der Waals surface area (Å²) in [6, 6.07) is 50.4. The first-order chi connectivity index (χ1) is 25.5. The Balaban J connectivity index is 0.000000144. The summed E-state index contributed by atoms with van der Waals surface area (Å²) in [5.74, 6) is 0. The third-order valence-electron chi connectivity index (χ3n) is 10.2. The number of rotatable bonds is 1. The average molecular weight is 693 g/mol. The second-order valence-corrected chi connectivity index (χ2v) is 14.8. The molecule has 1 aromatic heterocycles. The Kier molecular flexibility index (Phi) is 10.8. The number of benzene rings is 7. The zero-order chi connectivity index (χ0) is 36.0. The molecule has 10 rings (SSSR count). The normalized spacial score (nSPS) is 12.3. The van der Waals surface area contributed by atoms with Crippen molar-refractivity contribution in [2.45, 2.75) is 60.3 Å². The third kappa shape index (κ3) is 7.52. The highest BCUT2D eigenvalue weighted by Gasteiger charge is 2.26. The predicted octanol–water partition coefficient (Wildman–Crippen LogP) is 14.9. The van der Waals surface area contributed by atoms with Crippen LogP contribution in [-0.4, -0.2) is 0 Å². The Labute approximate surface area is 314 Å². The van der Waals surface area contributed by atoms with Crippen LogP contribution in [0.15, 0.2) is 146 Å². The van der Waals surface area contributed by atoms with E-state index in [0.29, 0.717) is 0 Å². The Bertz CT molecular complexity index is 2430. The highest BCUT2D eigenvalue weighted by molar-refractivity contribution is 7.17. The minimum absolute atomic E-state index is 1.17. The summed E-state index contributed by atoms with van der Waals surface area (Å²) in [6.07, 6.45) is 9.47. The van der Waals surface area contributed by atoms with E-state index < -0.39 is 0 Å². The van der Waals surface area contributed by atoms with Crippen molar-refractivity contribution in [1.82, 2.24) is 0 Å². The standard InChI is InChI=1S/C27H22S.2C11H10.C2H6/c1-17-6-8-18(9-7-17)20-13-14-22-21(16-20)11-10-19-12-15-24-23-4-2-3-5-25(23)28-27(24)26(19)22;2*1-9-6-7-10-4-2-3-5-11(10)8-9;1-2/h3,5-11,13-14,16H,2,4,12,15H2,1H3;2*2-8H,1H3;1-2H3. The molecule has 7 aromatic carbocycles. The Morgan fingerprint density at radius 2 is 1.04 bits per heavy atom. The van der Waals surface area contributed by atoms with Crippen molar-refractivity contribution >= 4 is 49.7 Å². The molecule has 52 heavy (non-hydrogen) atoms. The molecular weight excluding hydrogens is 645 g/mol. The van der Waals surface area contributed by atoms with Crippen molar-refractivity contribution in [3.63, 3.8) is 0 Å². The number of hydrogen-bond acceptors (Lipinski definition) is 1. The van der Waals surface area contributed by atoms with Gasteiger partial charge in [-0.3, -0.25) is 0 Å². The molecule has 0 atom stereocenters. The monoisotopic (exact) mass is 692 g/mol. The molecule has 0 nitrogen and oxygen atoms in total. The molecule has 2 aliphatic rings. The molecule has 2 aliphatic carbocycles. The van der Waals surface area contributed by atoms with E-state index in [1.54, 1.807) is 11.1 Å². The molecule has 0 radical (unpaired) electrons. The van der Waals surface area contributed by atoms with Gasteiger partial charge in [-0.1, -0.05) is 170 Å². The molecule has 0 saturated carbocycles. The van der Waals surface area contributed by atoms with Gasteiger partial charge in [0.15, 0.2) is 0 Å². The van der Waals surface area contributed by atoms with E-state index in [1.807, 2.05) is 25.2 Å². The van der Waals surface area contributed by atoms with Gasteiger partial charge in [0.25, 0.3) is 0 Å². The first-order valence-corrected chi connectivity index (χ1v) is 19.7. The molecule has 0 unspecified atom stereocenters. The van der Waals surface area contributed by atoms with Crippen LogP contribution in [0.1, 0.15) is 58.5 Å². The van der Waals surface area contributed by atoms with E-state index >= 15 is 0 Å². The Hall–Kier alpha value is -5.24. The van der Waals surface area contributed by atoms with Gasteiger partial charge in [0.05, 0.1) is 0 Å². The molecule has 0 amide bonds. The molecule has 8 aromatic rings. The second kappa shape index (κ2) is 16.0. The maximum atomic E-state index is 2.37. The van der Waals surface area contributed by atoms with Crippen molar-refractivity contribution < 1.29 is 0 Å². The smallest absolute Gasteiger partial charge is 0.0393 e. The predicted molar refractivity (Wildman–Crippen MR) is 231 cm³/mol. The fourth-order valence-electron chi connectivity index (χ4n) is 7.47. The van der Waals surface area contributed by atoms with Crippen molar-refractivity contribution in [2.24, 2.45) is 0 Å². The van der Waals surface area contributed by atoms with Gasteiger partial charge in [0, 0.05) is 15.3 Å². The van der Waals surface area contributed by atoms with Crippen molar-refractivity contribution in [3.05, 3.63) is 184 Å². The summed E-state index contributed by atoms with van der Waals surface area (Å²) < 4.78 is 0. The van der Waals surface area contributed by atoms with Gasteiger partial charge in [0.2, 0.25) is 0 Å². The number of thiophene rings is 1. The van der Waals surface area contributed by atoms with E-state index in [0.717, 1.165) is 0 Å². The van der Waals surface area contributed by atoms with E-state index in [4.69, 9.17) is 0 Å². The molecule has 258 valence electrons. The van der Waals surface area contributed by atoms with Crippen molar-refractivity contribution in [1.29, 1.82) is 0 Å². The minimum atomic E-state index is 1.17. The second-order valence-electron chi connectivity index (χ2n) is 13.8. The van der Waals surface area contributed by atoms with Crippen LogP contribution in [-0.2, 0) is 19.3 Å². The van der Waals surface area contributed by atoms with Gasteiger partial charge in [-0.05, 0) is 119 Å². The highest BCUT2D eigenvalue weighted by Crippen LogP contribution is 2.47. The largest absolute Gasteiger partial charge is 0.135 e. The summed E-state index contributed by atoms with van der Waals surface area (Å²) in [4.78, 5) is 3.03. The van der Waals surface area contributed by atoms with Crippen molar-refractivity contribution in [2.75, 3.05) is 0 Å². The molecular formula is C51H48S. The van der Waals surface area contributed by atoms with Crippen LogP contribution < -0.4 is 0 Å². The van der Waals surface area contributed by atoms with Crippen LogP contribution >= 0.6 is 11.3 Å². The topological polar surface area (TPSA) is 0 Å². The number of allylic oxidation sites excluding steroid dienone is 1. The number of hydrogen-bond donors (Lipinski definition) is 0. The van der Waals surface area contributed by atoms with Gasteiger partial charge >= 0.3 is 0 Å². The first kappa shape index (κ1) is 35.2. The van der Waals surface area contributed by atoms with Gasteiger partial charge in [0.1, 0.15) is 0 Å². The van der Waals surface area contributed by atoms with Crippen LogP contribution in [0, 0.1) is 20.8 Å². The molecule has 1 heterocycles. The molecule has 0 N–H and O–H groups in total. The maximum Gasteiger partial charge on any atom is 0.0393 e. The summed E-state index contributed by atoms with van der Waals surface area (Å²) in [5, 5.41) is 8.06. The molecule has 0 fully saturated rings. The van der Waals surface area contributed by atoms with Gasteiger partial charge in [-0.15, -0.1) is 11.3 Å². The summed E-state index contributed by atoms with van der Waals surface area (Å²) >= 11 is 2.01. The summed E-state index contributed by atoms with van der Waals surface area (Å²) in [6.45, 7) is 10.4. The number of aryl methyl sites for hydroxylation is 4. The van der Waals surface area contributed by atoms with Gasteiger partial charge in [-0.25, -0.2) is 0 Å². The Morgan fingerprint density at radius 1 is 0.462 bits per heavy atom. The van der Waals surface area contributed by atoms with Gasteiger partial charge < -0.3 is 0 Å². The lowest BCUT2D eigenvalue weighted by atomic mass is 9.84. The SMILES string of the molecule is CC.Cc1ccc(-c2ccc3c4c(ccc3c2)CCc2c-4sc3c2CCC=C3)cc1.Cc1ccc2ccccc2c1.Cc1ccc2ccccc2c1. The van der Waals surface area contributed by atoms with E-state index in [2.05, 4.69) is 172 Å². The summed E-state index contributed by atoms with van der Waals surface area (Å²) in [7, 11) is 0. The zero-order valence-corrected chi connectivity index (χ0v) is 32.0.